The molecule has 0 N–H and O–H groups in total. The van der Waals surface area contributed by atoms with Crippen LogP contribution in [0.25, 0.3) is 0 Å². The van der Waals surface area contributed by atoms with E-state index in [1.807, 2.05) is 18.0 Å². The number of aromatic nitrogens is 2. The third-order valence-corrected chi connectivity index (χ3v) is 6.29. The van der Waals surface area contributed by atoms with Crippen LogP contribution >= 0.6 is 0 Å². The summed E-state index contributed by atoms with van der Waals surface area (Å²) in [5.74, 6) is 2.36. The van der Waals surface area contributed by atoms with E-state index < -0.39 is 0 Å². The number of ether oxygens (including phenoxy) is 2. The molecule has 2 fully saturated rings. The van der Waals surface area contributed by atoms with Gasteiger partial charge in [0.05, 0.1) is 25.7 Å². The smallest absolute Gasteiger partial charge is 0.272 e. The molecule has 0 unspecified atom stereocenters. The summed E-state index contributed by atoms with van der Waals surface area (Å²) in [5.41, 5.74) is 1.95. The fourth-order valence-electron chi connectivity index (χ4n) is 4.52. The van der Waals surface area contributed by atoms with Crippen molar-refractivity contribution in [2.45, 2.75) is 51.0 Å². The SMILES string of the molecule is COc1ccc(CC2CCN(C(=O)c3cncn3C)CC2)cc1OC1CCCC1. The van der Waals surface area contributed by atoms with E-state index in [0.29, 0.717) is 17.7 Å². The highest BCUT2D eigenvalue weighted by atomic mass is 16.5. The summed E-state index contributed by atoms with van der Waals surface area (Å²) >= 11 is 0. The van der Waals surface area contributed by atoms with Gasteiger partial charge in [0.25, 0.3) is 5.91 Å². The van der Waals surface area contributed by atoms with Gasteiger partial charge in [-0.3, -0.25) is 4.79 Å². The van der Waals surface area contributed by atoms with Crippen LogP contribution in [0.5, 0.6) is 11.5 Å². The third kappa shape index (κ3) is 4.57. The number of carbonyl (C=O) groups excluding carboxylic acids is 1. The first-order valence-electron chi connectivity index (χ1n) is 10.7. The van der Waals surface area contributed by atoms with E-state index in [2.05, 4.69) is 17.1 Å². The summed E-state index contributed by atoms with van der Waals surface area (Å²) in [4.78, 5) is 18.7. The van der Waals surface area contributed by atoms with Gasteiger partial charge in [0, 0.05) is 20.1 Å². The molecule has 156 valence electrons. The van der Waals surface area contributed by atoms with Crippen molar-refractivity contribution < 1.29 is 14.3 Å². The van der Waals surface area contributed by atoms with Crippen LogP contribution in [0.4, 0.5) is 0 Å². The van der Waals surface area contributed by atoms with Crippen LogP contribution < -0.4 is 9.47 Å². The second-order valence-corrected chi connectivity index (χ2v) is 8.34. The molecule has 0 atom stereocenters. The molecule has 1 saturated carbocycles. The maximum absolute atomic E-state index is 12.7. The number of hydrogen-bond acceptors (Lipinski definition) is 4. The Labute approximate surface area is 172 Å². The summed E-state index contributed by atoms with van der Waals surface area (Å²) < 4.78 is 13.5. The lowest BCUT2D eigenvalue weighted by atomic mass is 9.90. The lowest BCUT2D eigenvalue weighted by Crippen LogP contribution is -2.39. The highest BCUT2D eigenvalue weighted by Crippen LogP contribution is 2.34. The Hall–Kier alpha value is -2.50. The van der Waals surface area contributed by atoms with E-state index in [-0.39, 0.29) is 5.91 Å². The average molecular weight is 398 g/mol. The molecule has 0 bridgehead atoms. The fourth-order valence-corrected chi connectivity index (χ4v) is 4.52. The number of amides is 1. The van der Waals surface area contributed by atoms with Crippen molar-refractivity contribution in [2.75, 3.05) is 20.2 Å². The molecule has 0 spiro atoms. The minimum Gasteiger partial charge on any atom is -0.493 e. The molecular formula is C23H31N3O3. The topological polar surface area (TPSA) is 56.6 Å². The minimum absolute atomic E-state index is 0.0835. The Morgan fingerprint density at radius 1 is 1.14 bits per heavy atom. The summed E-state index contributed by atoms with van der Waals surface area (Å²) in [6, 6.07) is 6.33. The zero-order valence-corrected chi connectivity index (χ0v) is 17.5. The zero-order valence-electron chi connectivity index (χ0n) is 17.5. The number of benzene rings is 1. The zero-order chi connectivity index (χ0) is 20.2. The van der Waals surface area contributed by atoms with Crippen LogP contribution in [0.15, 0.2) is 30.7 Å². The van der Waals surface area contributed by atoms with E-state index in [4.69, 9.17) is 9.47 Å². The Kier molecular flexibility index (Phi) is 6.07. The monoisotopic (exact) mass is 397 g/mol. The number of likely N-dealkylation sites (tertiary alicyclic amines) is 1. The van der Waals surface area contributed by atoms with Gasteiger partial charge in [-0.05, 0) is 68.6 Å². The van der Waals surface area contributed by atoms with Gasteiger partial charge in [-0.2, -0.15) is 0 Å². The van der Waals surface area contributed by atoms with Crippen LogP contribution in [0.3, 0.4) is 0 Å². The van der Waals surface area contributed by atoms with E-state index in [0.717, 1.165) is 56.7 Å². The number of nitrogens with zero attached hydrogens (tertiary/aromatic N) is 3. The summed E-state index contributed by atoms with van der Waals surface area (Å²) in [5, 5.41) is 0. The van der Waals surface area contributed by atoms with Gasteiger partial charge in [-0.1, -0.05) is 6.07 Å². The van der Waals surface area contributed by atoms with Crippen molar-refractivity contribution in [2.24, 2.45) is 13.0 Å². The van der Waals surface area contributed by atoms with E-state index >= 15 is 0 Å². The molecule has 4 rings (SSSR count). The van der Waals surface area contributed by atoms with Crippen molar-refractivity contribution in [1.82, 2.24) is 14.5 Å². The molecule has 1 saturated heterocycles. The van der Waals surface area contributed by atoms with Crippen LogP contribution in [0.2, 0.25) is 0 Å². The summed E-state index contributed by atoms with van der Waals surface area (Å²) in [7, 11) is 3.56. The lowest BCUT2D eigenvalue weighted by molar-refractivity contribution is 0.0681. The Morgan fingerprint density at radius 3 is 2.55 bits per heavy atom. The maximum Gasteiger partial charge on any atom is 0.272 e. The number of carbonyl (C=O) groups is 1. The van der Waals surface area contributed by atoms with E-state index in [9.17, 15) is 4.79 Å². The number of rotatable bonds is 6. The number of imidazole rings is 1. The maximum atomic E-state index is 12.7. The van der Waals surface area contributed by atoms with Gasteiger partial charge in [0.1, 0.15) is 5.69 Å². The van der Waals surface area contributed by atoms with Crippen LogP contribution in [0, 0.1) is 5.92 Å². The predicted octanol–water partition coefficient (Wildman–Crippen LogP) is 3.85. The molecule has 6 heteroatoms. The Bertz CT molecular complexity index is 834. The molecule has 2 heterocycles. The summed E-state index contributed by atoms with van der Waals surface area (Å²) in [6.45, 7) is 1.60. The van der Waals surface area contributed by atoms with Crippen molar-refractivity contribution in [3.63, 3.8) is 0 Å². The average Bonchev–Trinajstić information content (AvgIpc) is 3.40. The van der Waals surface area contributed by atoms with Crippen molar-refractivity contribution in [3.8, 4) is 11.5 Å². The van der Waals surface area contributed by atoms with Crippen molar-refractivity contribution in [3.05, 3.63) is 42.0 Å². The van der Waals surface area contributed by atoms with Gasteiger partial charge in [-0.25, -0.2) is 4.98 Å². The fraction of sp³-hybridized carbons (Fsp3) is 0.565. The first kappa shape index (κ1) is 19.8. The lowest BCUT2D eigenvalue weighted by Gasteiger charge is -2.32. The van der Waals surface area contributed by atoms with Crippen LogP contribution in [0.1, 0.15) is 54.6 Å². The van der Waals surface area contributed by atoms with Gasteiger partial charge in [0.2, 0.25) is 0 Å². The molecule has 1 aromatic carbocycles. The molecule has 1 amide bonds. The molecule has 2 aromatic rings. The highest BCUT2D eigenvalue weighted by Gasteiger charge is 2.26. The number of methoxy groups -OCH3 is 1. The molecule has 6 nitrogen and oxygen atoms in total. The molecule has 2 aliphatic rings. The Balaban J connectivity index is 1.35. The number of piperidine rings is 1. The molecule has 29 heavy (non-hydrogen) atoms. The second kappa shape index (κ2) is 8.89. The molecular weight excluding hydrogens is 366 g/mol. The minimum atomic E-state index is 0.0835. The van der Waals surface area contributed by atoms with Gasteiger partial charge in [-0.15, -0.1) is 0 Å². The Morgan fingerprint density at radius 2 is 1.90 bits per heavy atom. The largest absolute Gasteiger partial charge is 0.493 e. The van der Waals surface area contributed by atoms with E-state index in [1.54, 1.807) is 24.2 Å². The van der Waals surface area contributed by atoms with Crippen LogP contribution in [-0.2, 0) is 13.5 Å². The first-order chi connectivity index (χ1) is 14.1. The number of aryl methyl sites for hydroxylation is 1. The molecule has 0 radical (unpaired) electrons. The van der Waals surface area contributed by atoms with Gasteiger partial charge >= 0.3 is 0 Å². The quantitative estimate of drug-likeness (QED) is 0.743. The van der Waals surface area contributed by atoms with Crippen molar-refractivity contribution >= 4 is 5.91 Å². The summed E-state index contributed by atoms with van der Waals surface area (Å²) in [6.07, 6.45) is 11.5. The van der Waals surface area contributed by atoms with Crippen LogP contribution in [-0.4, -0.2) is 46.7 Å². The highest BCUT2D eigenvalue weighted by molar-refractivity contribution is 5.92. The molecule has 1 aliphatic heterocycles. The molecule has 1 aliphatic carbocycles. The third-order valence-electron chi connectivity index (χ3n) is 6.29. The molecule has 1 aromatic heterocycles. The van der Waals surface area contributed by atoms with E-state index in [1.165, 1.54) is 18.4 Å². The standard InChI is InChI=1S/C23H31N3O3/c1-25-16-24-15-20(25)23(27)26-11-9-17(10-12-26)13-18-7-8-21(28-2)22(14-18)29-19-5-3-4-6-19/h7-8,14-17,19H,3-6,9-13H2,1-2H3. The number of hydrogen-bond donors (Lipinski definition) is 0. The van der Waals surface area contributed by atoms with Gasteiger partial charge < -0.3 is 18.9 Å². The first-order valence-corrected chi connectivity index (χ1v) is 10.7. The normalized spacial score (nSPS) is 18.2. The van der Waals surface area contributed by atoms with Crippen molar-refractivity contribution in [1.29, 1.82) is 0 Å². The second-order valence-electron chi connectivity index (χ2n) is 8.34. The predicted molar refractivity (Wildman–Crippen MR) is 111 cm³/mol. The van der Waals surface area contributed by atoms with Gasteiger partial charge in [0.15, 0.2) is 11.5 Å².